The van der Waals surface area contributed by atoms with Crippen LogP contribution in [-0.2, 0) is 16.6 Å². The lowest BCUT2D eigenvalue weighted by Crippen LogP contribution is -2.03. The molecule has 2 aliphatic heterocycles. The van der Waals surface area contributed by atoms with E-state index in [1.165, 1.54) is 0 Å². The van der Waals surface area contributed by atoms with Crippen molar-refractivity contribution in [1.29, 1.82) is 0 Å². The maximum atomic E-state index is 12.2. The highest BCUT2D eigenvalue weighted by atomic mass is 16.2. The molecule has 6 heterocycles. The molecule has 0 fully saturated rings. The molecule has 3 N–H and O–H groups in total. The summed E-state index contributed by atoms with van der Waals surface area (Å²) in [6, 6.07) is 23.5. The Kier molecular flexibility index (Phi) is 5.79. The third kappa shape index (κ3) is 4.28. The summed E-state index contributed by atoms with van der Waals surface area (Å²) in [6.45, 7) is 0. The van der Waals surface area contributed by atoms with Gasteiger partial charge in [-0.05, 0) is 48.6 Å². The summed E-state index contributed by atoms with van der Waals surface area (Å²) in [5, 5.41) is 7.90. The van der Waals surface area contributed by atoms with Gasteiger partial charge in [0.25, 0.3) is 11.8 Å². The van der Waals surface area contributed by atoms with Crippen molar-refractivity contribution in [1.82, 2.24) is 19.5 Å². The minimum atomic E-state index is -0.107. The molecule has 0 saturated heterocycles. The van der Waals surface area contributed by atoms with Crippen LogP contribution in [-0.4, -0.2) is 31.3 Å². The van der Waals surface area contributed by atoms with Gasteiger partial charge in [0.1, 0.15) is 0 Å². The van der Waals surface area contributed by atoms with Crippen LogP contribution in [0.1, 0.15) is 22.5 Å². The summed E-state index contributed by atoms with van der Waals surface area (Å²) in [6.07, 6.45) is 11.1. The molecule has 8 heteroatoms. The van der Waals surface area contributed by atoms with Crippen LogP contribution in [0, 0.1) is 0 Å². The number of aromatic amines is 1. The van der Waals surface area contributed by atoms with E-state index in [2.05, 4.69) is 42.3 Å². The summed E-state index contributed by atoms with van der Waals surface area (Å²) < 4.78 is 2.06. The number of nitrogens with one attached hydrogen (secondary N) is 3. The molecule has 0 atom stereocenters. The fourth-order valence-corrected chi connectivity index (χ4v) is 5.32. The second-order valence-electron chi connectivity index (χ2n) is 9.83. The predicted molar refractivity (Wildman–Crippen MR) is 163 cm³/mol. The van der Waals surface area contributed by atoms with Gasteiger partial charge < -0.3 is 20.2 Å². The van der Waals surface area contributed by atoms with Gasteiger partial charge in [-0.2, -0.15) is 0 Å². The Morgan fingerprint density at radius 3 is 1.95 bits per heavy atom. The standard InChI is InChI=1S/C17H13N3O.C16H11N3O/c1-20-10-11(12-5-2-3-7-15(12)20)9-13-16-14(19-17(13)21)6-4-8-18-16;20-16-12(15-14(19-16)6-3-7-17-15)8-10-9-18-13-5-2-1-4-11(10)13/h2-10H,1H3,(H,19,21);1-9,18H,(H,19,20). The van der Waals surface area contributed by atoms with Crippen LogP contribution in [0.2, 0.25) is 0 Å². The minimum Gasteiger partial charge on any atom is -0.361 e. The predicted octanol–water partition coefficient (Wildman–Crippen LogP) is 6.12. The minimum absolute atomic E-state index is 0.100. The number of amides is 2. The van der Waals surface area contributed by atoms with Gasteiger partial charge in [-0.1, -0.05) is 36.4 Å². The van der Waals surface area contributed by atoms with Crippen LogP contribution in [0.25, 0.3) is 45.1 Å². The lowest BCUT2D eigenvalue weighted by molar-refractivity contribution is -0.111. The Labute approximate surface area is 235 Å². The van der Waals surface area contributed by atoms with Crippen LogP contribution in [0.4, 0.5) is 11.4 Å². The number of carbonyl (C=O) groups is 2. The molecule has 8 nitrogen and oxygen atoms in total. The lowest BCUT2D eigenvalue weighted by Gasteiger charge is -1.96. The highest BCUT2D eigenvalue weighted by molar-refractivity contribution is 6.35. The van der Waals surface area contributed by atoms with E-state index in [1.807, 2.05) is 92.3 Å². The molecule has 6 aromatic rings. The fraction of sp³-hybridized carbons (Fsp3) is 0.0303. The maximum Gasteiger partial charge on any atom is 0.258 e. The number of para-hydroxylation sites is 2. The Hall–Kier alpha value is -5.76. The lowest BCUT2D eigenvalue weighted by atomic mass is 10.1. The van der Waals surface area contributed by atoms with Crippen molar-refractivity contribution in [2.75, 3.05) is 10.6 Å². The SMILES string of the molecule is Cn1cc(C=C2C(=O)Nc3cccnc32)c2ccccc21.O=C1Nc2cccnc2C1=Cc1c[nH]c2ccccc12. The quantitative estimate of drug-likeness (QED) is 0.232. The topological polar surface area (TPSA) is 105 Å². The first-order valence-electron chi connectivity index (χ1n) is 13.1. The number of aromatic nitrogens is 4. The molecule has 0 radical (unpaired) electrons. The highest BCUT2D eigenvalue weighted by Crippen LogP contribution is 2.33. The summed E-state index contributed by atoms with van der Waals surface area (Å²) >= 11 is 0. The van der Waals surface area contributed by atoms with E-state index >= 15 is 0 Å². The van der Waals surface area contributed by atoms with Crippen molar-refractivity contribution in [3.63, 3.8) is 0 Å². The normalized spacial score (nSPS) is 15.5. The van der Waals surface area contributed by atoms with Crippen molar-refractivity contribution in [3.05, 3.63) is 120 Å². The summed E-state index contributed by atoms with van der Waals surface area (Å²) in [5.41, 5.74) is 8.40. The second-order valence-corrected chi connectivity index (χ2v) is 9.83. The van der Waals surface area contributed by atoms with Crippen molar-refractivity contribution in [3.8, 4) is 0 Å². The molecule has 4 aromatic heterocycles. The van der Waals surface area contributed by atoms with E-state index in [9.17, 15) is 9.59 Å². The van der Waals surface area contributed by atoms with Crippen molar-refractivity contribution >= 4 is 68.3 Å². The van der Waals surface area contributed by atoms with E-state index in [0.29, 0.717) is 16.8 Å². The first-order chi connectivity index (χ1) is 20.1. The van der Waals surface area contributed by atoms with Crippen molar-refractivity contribution in [2.24, 2.45) is 7.05 Å². The van der Waals surface area contributed by atoms with Gasteiger partial charge >= 0.3 is 0 Å². The molecule has 8 rings (SSSR count). The number of hydrogen-bond acceptors (Lipinski definition) is 4. The molecular weight excluding hydrogens is 512 g/mol. The number of H-pyrrole nitrogens is 1. The molecule has 2 aromatic carbocycles. The Balaban J connectivity index is 0.000000135. The van der Waals surface area contributed by atoms with Gasteiger partial charge in [-0.15, -0.1) is 0 Å². The Morgan fingerprint density at radius 2 is 1.27 bits per heavy atom. The maximum absolute atomic E-state index is 12.2. The number of anilines is 2. The zero-order valence-corrected chi connectivity index (χ0v) is 22.1. The van der Waals surface area contributed by atoms with Crippen LogP contribution < -0.4 is 10.6 Å². The number of aryl methyl sites for hydroxylation is 1. The van der Waals surface area contributed by atoms with Gasteiger partial charge in [-0.3, -0.25) is 19.6 Å². The second kappa shape index (κ2) is 9.77. The van der Waals surface area contributed by atoms with Gasteiger partial charge in [0.2, 0.25) is 0 Å². The number of hydrogen-bond donors (Lipinski definition) is 3. The number of rotatable bonds is 2. The molecule has 0 unspecified atom stereocenters. The molecule has 2 amide bonds. The largest absolute Gasteiger partial charge is 0.361 e. The third-order valence-electron chi connectivity index (χ3n) is 7.26. The molecule has 41 heavy (non-hydrogen) atoms. The molecule has 0 aliphatic carbocycles. The zero-order chi connectivity index (χ0) is 27.9. The average molecular weight is 537 g/mol. The Bertz CT molecular complexity index is 2060. The number of fused-ring (bicyclic) bond motifs is 4. The first-order valence-corrected chi connectivity index (χ1v) is 13.1. The number of carbonyl (C=O) groups excluding carboxylic acids is 2. The number of nitrogens with zero attached hydrogens (tertiary/aromatic N) is 3. The summed E-state index contributed by atoms with van der Waals surface area (Å²) in [7, 11) is 2.01. The van der Waals surface area contributed by atoms with E-state index in [-0.39, 0.29) is 11.8 Å². The third-order valence-corrected chi connectivity index (χ3v) is 7.26. The number of pyridine rings is 2. The van der Waals surface area contributed by atoms with Crippen LogP contribution in [0.15, 0.2) is 97.6 Å². The monoisotopic (exact) mass is 536 g/mol. The van der Waals surface area contributed by atoms with Crippen LogP contribution in [0.5, 0.6) is 0 Å². The number of benzene rings is 2. The van der Waals surface area contributed by atoms with Crippen molar-refractivity contribution < 1.29 is 9.59 Å². The van der Waals surface area contributed by atoms with Crippen LogP contribution in [0.3, 0.4) is 0 Å². The van der Waals surface area contributed by atoms with Gasteiger partial charge in [0.05, 0.1) is 33.9 Å². The molecule has 0 bridgehead atoms. The zero-order valence-electron chi connectivity index (χ0n) is 22.1. The molecule has 2 aliphatic rings. The van der Waals surface area contributed by atoms with Gasteiger partial charge in [0.15, 0.2) is 0 Å². The smallest absolute Gasteiger partial charge is 0.258 e. The molecule has 0 saturated carbocycles. The van der Waals surface area contributed by atoms with Crippen LogP contribution >= 0.6 is 0 Å². The first kappa shape index (κ1) is 24.3. The van der Waals surface area contributed by atoms with Gasteiger partial charge in [0, 0.05) is 64.8 Å². The van der Waals surface area contributed by atoms with Crippen molar-refractivity contribution in [2.45, 2.75) is 0 Å². The average Bonchev–Trinajstić information content (AvgIpc) is 3.73. The molecule has 0 spiro atoms. The van der Waals surface area contributed by atoms with E-state index in [1.54, 1.807) is 12.4 Å². The van der Waals surface area contributed by atoms with E-state index < -0.39 is 0 Å². The highest BCUT2D eigenvalue weighted by Gasteiger charge is 2.26. The van der Waals surface area contributed by atoms with E-state index in [4.69, 9.17) is 0 Å². The molecular formula is C33H24N6O2. The Morgan fingerprint density at radius 1 is 0.683 bits per heavy atom. The summed E-state index contributed by atoms with van der Waals surface area (Å²) in [5.74, 6) is -0.208. The van der Waals surface area contributed by atoms with E-state index in [0.717, 1.165) is 50.0 Å². The molecule has 198 valence electrons. The van der Waals surface area contributed by atoms with Gasteiger partial charge in [-0.25, -0.2) is 0 Å². The fourth-order valence-electron chi connectivity index (χ4n) is 5.32. The summed E-state index contributed by atoms with van der Waals surface area (Å²) in [4.78, 5) is 36.0.